The third-order valence-corrected chi connectivity index (χ3v) is 19.3. The number of aliphatic hydroxyl groups is 7. The molecule has 88 heavy (non-hydrogen) atoms. The SMILES string of the molecule is CCCCCCCCCCCCCCCCCCCCCCCCCC/C=C/CCCC(O)C(O)C(COC1OC(CO)C(O)C(O)C1O)NC(=O)C(O)CCCCCCCCCCCCCCCCCCCCCCCCCCCCCCCCCC. The van der Waals surface area contributed by atoms with Crippen molar-refractivity contribution in [2.24, 2.45) is 0 Å². The summed E-state index contributed by atoms with van der Waals surface area (Å²) in [5.74, 6) is -0.696. The molecule has 0 saturated carbocycles. The molecule has 8 N–H and O–H groups in total. The van der Waals surface area contributed by atoms with Crippen LogP contribution in [0.25, 0.3) is 0 Å². The van der Waals surface area contributed by atoms with Gasteiger partial charge in [-0.25, -0.2) is 0 Å². The lowest BCUT2D eigenvalue weighted by Gasteiger charge is -2.40. The van der Waals surface area contributed by atoms with Gasteiger partial charge in [0.15, 0.2) is 6.29 Å². The fourth-order valence-electron chi connectivity index (χ4n) is 13.1. The van der Waals surface area contributed by atoms with Crippen LogP contribution in [0.3, 0.4) is 0 Å². The summed E-state index contributed by atoms with van der Waals surface area (Å²) in [5.41, 5.74) is 0. The zero-order valence-electron chi connectivity index (χ0n) is 58.3. The summed E-state index contributed by atoms with van der Waals surface area (Å²) in [7, 11) is 0. The van der Waals surface area contributed by atoms with Gasteiger partial charge in [0.1, 0.15) is 36.6 Å². The van der Waals surface area contributed by atoms with Crippen molar-refractivity contribution in [1.82, 2.24) is 5.32 Å². The smallest absolute Gasteiger partial charge is 0.249 e. The molecule has 1 rings (SSSR count). The molecule has 0 aliphatic carbocycles. The summed E-state index contributed by atoms with van der Waals surface area (Å²) in [6.45, 7) is 3.52. The molecule has 9 atom stereocenters. The Hall–Kier alpha value is -1.15. The number of unbranched alkanes of at least 4 members (excludes halogenated alkanes) is 56. The average molecular weight is 1250 g/mol. The summed E-state index contributed by atoms with van der Waals surface area (Å²) < 4.78 is 11.2. The lowest BCUT2D eigenvalue weighted by atomic mass is 9.98. The van der Waals surface area contributed by atoms with Gasteiger partial charge < -0.3 is 50.5 Å². The van der Waals surface area contributed by atoms with Gasteiger partial charge in [0.05, 0.1) is 25.4 Å². The summed E-state index contributed by atoms with van der Waals surface area (Å²) in [6, 6.07) is -1.18. The maximum absolute atomic E-state index is 13.3. The highest BCUT2D eigenvalue weighted by Gasteiger charge is 2.44. The molecule has 0 spiro atoms. The molecule has 0 aromatic carbocycles. The number of rotatable bonds is 70. The number of ether oxygens (including phenoxy) is 2. The Morgan fingerprint density at radius 2 is 0.670 bits per heavy atom. The van der Waals surface area contributed by atoms with Gasteiger partial charge in [-0.1, -0.05) is 379 Å². The maximum Gasteiger partial charge on any atom is 0.249 e. The number of hydrogen-bond acceptors (Lipinski definition) is 10. The molecule has 11 nitrogen and oxygen atoms in total. The van der Waals surface area contributed by atoms with E-state index in [1.54, 1.807) is 0 Å². The van der Waals surface area contributed by atoms with Crippen molar-refractivity contribution in [1.29, 1.82) is 0 Å². The zero-order chi connectivity index (χ0) is 63.9. The molecular weight excluding hydrogens is 1100 g/mol. The largest absolute Gasteiger partial charge is 0.394 e. The van der Waals surface area contributed by atoms with Crippen LogP contribution in [0.15, 0.2) is 12.2 Å². The molecule has 1 saturated heterocycles. The highest BCUT2D eigenvalue weighted by molar-refractivity contribution is 5.80. The first-order valence-electron chi connectivity index (χ1n) is 39.1. The molecule has 11 heteroatoms. The van der Waals surface area contributed by atoms with Crippen molar-refractivity contribution in [3.05, 3.63) is 12.2 Å². The lowest BCUT2D eigenvalue weighted by Crippen LogP contribution is -2.60. The van der Waals surface area contributed by atoms with Crippen LogP contribution in [0.4, 0.5) is 0 Å². The van der Waals surface area contributed by atoms with Crippen LogP contribution >= 0.6 is 0 Å². The predicted molar refractivity (Wildman–Crippen MR) is 372 cm³/mol. The van der Waals surface area contributed by atoms with Crippen LogP contribution in [0.5, 0.6) is 0 Å². The van der Waals surface area contributed by atoms with Crippen LogP contribution in [0.1, 0.15) is 406 Å². The predicted octanol–water partition coefficient (Wildman–Crippen LogP) is 19.8. The van der Waals surface area contributed by atoms with E-state index in [1.165, 1.54) is 334 Å². The second-order valence-electron chi connectivity index (χ2n) is 27.8. The van der Waals surface area contributed by atoms with Crippen molar-refractivity contribution < 1.29 is 50.0 Å². The van der Waals surface area contributed by atoms with Crippen LogP contribution < -0.4 is 5.32 Å². The highest BCUT2D eigenvalue weighted by Crippen LogP contribution is 2.24. The van der Waals surface area contributed by atoms with E-state index >= 15 is 0 Å². The Kier molecular flexibility index (Phi) is 63.5. The minimum absolute atomic E-state index is 0.260. The van der Waals surface area contributed by atoms with Crippen molar-refractivity contribution in [3.63, 3.8) is 0 Å². The third-order valence-electron chi connectivity index (χ3n) is 19.3. The Morgan fingerprint density at radius 1 is 0.386 bits per heavy atom. The molecule has 0 bridgehead atoms. The molecule has 1 amide bonds. The minimum atomic E-state index is -1.67. The van der Waals surface area contributed by atoms with E-state index in [2.05, 4.69) is 31.3 Å². The standard InChI is InChI=1S/C77H151NO10/c1-3-5-7-9-11-13-15-17-19-21-23-25-27-29-31-33-34-35-37-39-41-43-45-47-49-51-53-55-57-59-61-63-65-70(81)76(86)78-68(67-87-77-75(85)74(84)73(83)71(66-79)88-77)72(82)69(80)64-62-60-58-56-54-52-50-48-46-44-42-40-38-36-32-30-28-26-24-22-20-18-16-14-12-10-8-6-4-2/h56,58,68-75,77,79-85H,3-55,57,59-67H2,1-2H3,(H,78,86)/b58-56+. The first kappa shape index (κ1) is 84.9. The fraction of sp³-hybridized carbons (Fsp3) is 0.961. The molecule has 9 unspecified atom stereocenters. The molecule has 1 aliphatic rings. The highest BCUT2D eigenvalue weighted by atomic mass is 16.7. The normalized spacial score (nSPS) is 18.6. The van der Waals surface area contributed by atoms with Gasteiger partial charge in [-0.15, -0.1) is 0 Å². The average Bonchev–Trinajstić information content (AvgIpc) is 3.62. The monoisotopic (exact) mass is 1250 g/mol. The number of hydrogen-bond donors (Lipinski definition) is 8. The van der Waals surface area contributed by atoms with E-state index in [1.807, 2.05) is 0 Å². The third kappa shape index (κ3) is 52.3. The first-order valence-corrected chi connectivity index (χ1v) is 39.1. The van der Waals surface area contributed by atoms with Gasteiger partial charge in [-0.2, -0.15) is 0 Å². The Bertz CT molecular complexity index is 1440. The molecule has 0 aromatic heterocycles. The van der Waals surface area contributed by atoms with Gasteiger partial charge in [-0.3, -0.25) is 4.79 Å². The number of carbonyl (C=O) groups excluding carboxylic acids is 1. The van der Waals surface area contributed by atoms with E-state index in [-0.39, 0.29) is 12.8 Å². The molecule has 1 fully saturated rings. The molecule has 1 aliphatic heterocycles. The zero-order valence-corrected chi connectivity index (χ0v) is 58.3. The van der Waals surface area contributed by atoms with Crippen LogP contribution in [-0.2, 0) is 14.3 Å². The molecule has 0 aromatic rings. The van der Waals surface area contributed by atoms with E-state index in [0.29, 0.717) is 12.8 Å². The number of allylic oxidation sites excluding steroid dienone is 2. The summed E-state index contributed by atoms with van der Waals surface area (Å²) >= 11 is 0. The molecule has 1 heterocycles. The Balaban J connectivity index is 2.15. The minimum Gasteiger partial charge on any atom is -0.394 e. The molecular formula is C77H151NO10. The lowest BCUT2D eigenvalue weighted by molar-refractivity contribution is -0.303. The fourth-order valence-corrected chi connectivity index (χ4v) is 13.1. The van der Waals surface area contributed by atoms with E-state index in [4.69, 9.17) is 9.47 Å². The van der Waals surface area contributed by atoms with E-state index in [9.17, 15) is 40.5 Å². The molecule has 524 valence electrons. The van der Waals surface area contributed by atoms with E-state index in [0.717, 1.165) is 32.1 Å². The summed E-state index contributed by atoms with van der Waals surface area (Å²) in [4.78, 5) is 13.3. The van der Waals surface area contributed by atoms with Gasteiger partial charge in [0.2, 0.25) is 5.91 Å². The van der Waals surface area contributed by atoms with Crippen molar-refractivity contribution in [3.8, 4) is 0 Å². The quantitative estimate of drug-likeness (QED) is 0.0215. The van der Waals surface area contributed by atoms with Crippen LogP contribution in [0, 0.1) is 0 Å². The first-order chi connectivity index (χ1) is 43.2. The molecule has 0 radical (unpaired) electrons. The number of nitrogens with one attached hydrogen (secondary N) is 1. The van der Waals surface area contributed by atoms with Crippen LogP contribution in [0.2, 0.25) is 0 Å². The van der Waals surface area contributed by atoms with Crippen molar-refractivity contribution in [2.45, 2.75) is 461 Å². The van der Waals surface area contributed by atoms with Gasteiger partial charge in [0.25, 0.3) is 0 Å². The Labute approximate surface area is 544 Å². The maximum atomic E-state index is 13.3. The van der Waals surface area contributed by atoms with E-state index < -0.39 is 74.2 Å². The van der Waals surface area contributed by atoms with Crippen LogP contribution in [-0.4, -0.2) is 110 Å². The number of aliphatic hydroxyl groups excluding tert-OH is 7. The number of amides is 1. The van der Waals surface area contributed by atoms with Gasteiger partial charge in [-0.05, 0) is 38.5 Å². The van der Waals surface area contributed by atoms with Gasteiger partial charge >= 0.3 is 0 Å². The topological polar surface area (TPSA) is 189 Å². The second kappa shape index (κ2) is 65.9. The second-order valence-corrected chi connectivity index (χ2v) is 27.8. The van der Waals surface area contributed by atoms with Crippen molar-refractivity contribution in [2.75, 3.05) is 13.2 Å². The Morgan fingerprint density at radius 3 is 0.977 bits per heavy atom. The van der Waals surface area contributed by atoms with Gasteiger partial charge in [0, 0.05) is 0 Å². The van der Waals surface area contributed by atoms with Crippen molar-refractivity contribution >= 4 is 5.91 Å². The number of carbonyl (C=O) groups is 1. The summed E-state index contributed by atoms with van der Waals surface area (Å²) in [6.07, 6.45) is 71.9. The summed E-state index contributed by atoms with van der Waals surface area (Å²) in [5, 5.41) is 76.7.